The van der Waals surface area contributed by atoms with Crippen molar-refractivity contribution in [3.8, 4) is 0 Å². The molecular formula is C12H18O6. The van der Waals surface area contributed by atoms with Crippen LogP contribution in [0.4, 0.5) is 0 Å². The van der Waals surface area contributed by atoms with E-state index in [9.17, 15) is 9.59 Å². The van der Waals surface area contributed by atoms with Gasteiger partial charge in [0.1, 0.15) is 0 Å². The van der Waals surface area contributed by atoms with Crippen molar-refractivity contribution in [2.24, 2.45) is 0 Å². The first-order chi connectivity index (χ1) is 8.25. The lowest BCUT2D eigenvalue weighted by atomic mass is 10.2. The molecule has 6 heteroatoms. The number of hydrogen-bond donors (Lipinski definition) is 2. The number of carboxylic acids is 2. The lowest BCUT2D eigenvalue weighted by Crippen LogP contribution is -2.42. The summed E-state index contributed by atoms with van der Waals surface area (Å²) >= 11 is 0. The fraction of sp³-hybridized carbons (Fsp3) is 0.500. The van der Waals surface area contributed by atoms with Crippen molar-refractivity contribution < 1.29 is 29.3 Å². The van der Waals surface area contributed by atoms with Gasteiger partial charge in [0, 0.05) is 0 Å². The molecule has 2 N–H and O–H groups in total. The van der Waals surface area contributed by atoms with Crippen LogP contribution >= 0.6 is 0 Å². The normalized spacial score (nSPS) is 12.9. The fourth-order valence-electron chi connectivity index (χ4n) is 0.937. The zero-order chi connectivity index (χ0) is 14.3. The van der Waals surface area contributed by atoms with Gasteiger partial charge in [-0.05, 0) is 38.8 Å². The molecule has 0 spiro atoms. The standard InChI is InChI=1S/C12H18O6/c1-7(2)5-17-9(11(13)14)10(12(15)16)18-6-8(3)4/h5-6,9-10H,1-4H3,(H,13,14)(H,15,16). The van der Waals surface area contributed by atoms with Crippen molar-refractivity contribution in [3.63, 3.8) is 0 Å². The third kappa shape index (κ3) is 5.93. The Morgan fingerprint density at radius 1 is 0.833 bits per heavy atom. The van der Waals surface area contributed by atoms with Crippen LogP contribution in [-0.4, -0.2) is 34.4 Å². The monoisotopic (exact) mass is 258 g/mol. The van der Waals surface area contributed by atoms with Gasteiger partial charge < -0.3 is 19.7 Å². The minimum absolute atomic E-state index is 0.715. The highest BCUT2D eigenvalue weighted by atomic mass is 16.6. The molecule has 102 valence electrons. The van der Waals surface area contributed by atoms with Crippen molar-refractivity contribution in [2.45, 2.75) is 39.9 Å². The molecule has 0 fully saturated rings. The average Bonchev–Trinajstić information content (AvgIpc) is 2.20. The average molecular weight is 258 g/mol. The quantitative estimate of drug-likeness (QED) is 0.676. The SMILES string of the molecule is CC(C)=COC(C(=O)O)C(OC=C(C)C)C(=O)O. The highest BCUT2D eigenvalue weighted by Gasteiger charge is 2.36. The second-order valence-corrected chi connectivity index (χ2v) is 4.18. The molecule has 0 rings (SSSR count). The predicted molar refractivity (Wildman–Crippen MR) is 63.9 cm³/mol. The van der Waals surface area contributed by atoms with E-state index in [2.05, 4.69) is 0 Å². The van der Waals surface area contributed by atoms with Gasteiger partial charge in [0.2, 0.25) is 12.2 Å². The van der Waals surface area contributed by atoms with Crippen molar-refractivity contribution in [1.29, 1.82) is 0 Å². The topological polar surface area (TPSA) is 93.1 Å². The van der Waals surface area contributed by atoms with Gasteiger partial charge in [-0.2, -0.15) is 0 Å². The molecule has 0 aliphatic heterocycles. The van der Waals surface area contributed by atoms with Crippen LogP contribution in [0.2, 0.25) is 0 Å². The van der Waals surface area contributed by atoms with Crippen LogP contribution in [0.1, 0.15) is 27.7 Å². The van der Waals surface area contributed by atoms with Crippen LogP contribution in [0, 0.1) is 0 Å². The van der Waals surface area contributed by atoms with Gasteiger partial charge in [-0.15, -0.1) is 0 Å². The number of carbonyl (C=O) groups is 2. The van der Waals surface area contributed by atoms with Crippen LogP contribution in [0.3, 0.4) is 0 Å². The van der Waals surface area contributed by atoms with E-state index in [4.69, 9.17) is 19.7 Å². The molecule has 0 aromatic rings. The molecule has 0 aliphatic carbocycles. The van der Waals surface area contributed by atoms with E-state index in [1.807, 2.05) is 0 Å². The van der Waals surface area contributed by atoms with Crippen molar-refractivity contribution in [2.75, 3.05) is 0 Å². The summed E-state index contributed by atoms with van der Waals surface area (Å²) in [7, 11) is 0. The number of carboxylic acid groups (broad SMARTS) is 2. The molecule has 6 nitrogen and oxygen atoms in total. The van der Waals surface area contributed by atoms with Gasteiger partial charge >= 0.3 is 11.9 Å². The summed E-state index contributed by atoms with van der Waals surface area (Å²) in [5, 5.41) is 17.9. The first-order valence-corrected chi connectivity index (χ1v) is 5.29. The number of allylic oxidation sites excluding steroid dienone is 2. The molecule has 0 amide bonds. The zero-order valence-electron chi connectivity index (χ0n) is 10.8. The first-order valence-electron chi connectivity index (χ1n) is 5.29. The Hall–Kier alpha value is -1.98. The van der Waals surface area contributed by atoms with E-state index in [1.165, 1.54) is 12.5 Å². The Balaban J connectivity index is 5.00. The van der Waals surface area contributed by atoms with Gasteiger partial charge in [-0.3, -0.25) is 0 Å². The molecule has 2 atom stereocenters. The molecule has 0 radical (unpaired) electrons. The van der Waals surface area contributed by atoms with E-state index in [0.29, 0.717) is 11.1 Å². The molecule has 0 aromatic carbocycles. The number of aliphatic carboxylic acids is 2. The Morgan fingerprint density at radius 2 is 1.11 bits per heavy atom. The molecule has 2 unspecified atom stereocenters. The van der Waals surface area contributed by atoms with Crippen molar-refractivity contribution in [1.82, 2.24) is 0 Å². The zero-order valence-corrected chi connectivity index (χ0v) is 10.8. The summed E-state index contributed by atoms with van der Waals surface area (Å²) in [5.74, 6) is -2.80. The lowest BCUT2D eigenvalue weighted by Gasteiger charge is -2.19. The summed E-state index contributed by atoms with van der Waals surface area (Å²) in [6.45, 7) is 6.80. The van der Waals surface area contributed by atoms with Crippen LogP contribution in [0.15, 0.2) is 23.7 Å². The molecule has 0 saturated carbocycles. The van der Waals surface area contributed by atoms with E-state index < -0.39 is 24.1 Å². The minimum atomic E-state index is -1.60. The molecule has 0 aliphatic rings. The van der Waals surface area contributed by atoms with Gasteiger partial charge in [-0.1, -0.05) is 0 Å². The molecule has 0 aromatic heterocycles. The van der Waals surface area contributed by atoms with Crippen molar-refractivity contribution >= 4 is 11.9 Å². The van der Waals surface area contributed by atoms with Crippen LogP contribution < -0.4 is 0 Å². The summed E-state index contributed by atoms with van der Waals surface area (Å²) < 4.78 is 9.85. The smallest absolute Gasteiger partial charge is 0.349 e. The maximum absolute atomic E-state index is 11.0. The van der Waals surface area contributed by atoms with Gasteiger partial charge in [0.05, 0.1) is 12.5 Å². The Morgan fingerprint density at radius 3 is 1.28 bits per heavy atom. The predicted octanol–water partition coefficient (Wildman–Crippen LogP) is 1.77. The summed E-state index contributed by atoms with van der Waals surface area (Å²) in [6, 6.07) is 0. The minimum Gasteiger partial charge on any atom is -0.482 e. The van der Waals surface area contributed by atoms with E-state index in [-0.39, 0.29) is 0 Å². The molecule has 0 bridgehead atoms. The number of rotatable bonds is 7. The van der Waals surface area contributed by atoms with Crippen LogP contribution in [0.25, 0.3) is 0 Å². The maximum atomic E-state index is 11.0. The third-order valence-electron chi connectivity index (χ3n) is 1.66. The van der Waals surface area contributed by atoms with E-state index in [1.54, 1.807) is 27.7 Å². The lowest BCUT2D eigenvalue weighted by molar-refractivity contribution is -0.167. The van der Waals surface area contributed by atoms with Gasteiger partial charge in [0.15, 0.2) is 0 Å². The van der Waals surface area contributed by atoms with Gasteiger partial charge in [-0.25, -0.2) is 9.59 Å². The second-order valence-electron chi connectivity index (χ2n) is 4.18. The second kappa shape index (κ2) is 7.37. The molecule has 0 heterocycles. The van der Waals surface area contributed by atoms with Crippen LogP contribution in [0.5, 0.6) is 0 Å². The van der Waals surface area contributed by atoms with Gasteiger partial charge in [0.25, 0.3) is 0 Å². The molecular weight excluding hydrogens is 240 g/mol. The number of ether oxygens (including phenoxy) is 2. The Kier molecular flexibility index (Phi) is 6.56. The van der Waals surface area contributed by atoms with E-state index >= 15 is 0 Å². The highest BCUT2D eigenvalue weighted by Crippen LogP contribution is 2.09. The molecule has 18 heavy (non-hydrogen) atoms. The highest BCUT2D eigenvalue weighted by molar-refractivity contribution is 5.83. The largest absolute Gasteiger partial charge is 0.482 e. The van der Waals surface area contributed by atoms with E-state index in [0.717, 1.165) is 0 Å². The summed E-state index contributed by atoms with van der Waals surface area (Å²) in [6.07, 6.45) is -0.817. The van der Waals surface area contributed by atoms with Crippen LogP contribution in [-0.2, 0) is 19.1 Å². The number of hydrogen-bond acceptors (Lipinski definition) is 4. The Bertz CT molecular complexity index is 325. The first kappa shape index (κ1) is 16.0. The summed E-state index contributed by atoms with van der Waals surface area (Å²) in [4.78, 5) is 22.0. The third-order valence-corrected chi connectivity index (χ3v) is 1.66. The molecule has 0 saturated heterocycles. The summed E-state index contributed by atoms with van der Waals surface area (Å²) in [5.41, 5.74) is 1.43. The Labute approximate surface area is 106 Å². The maximum Gasteiger partial charge on any atom is 0.349 e. The van der Waals surface area contributed by atoms with Crippen molar-refractivity contribution in [3.05, 3.63) is 23.7 Å². The fourth-order valence-corrected chi connectivity index (χ4v) is 0.937.